The molecule has 0 aromatic heterocycles. The highest BCUT2D eigenvalue weighted by atomic mass is 16.5. The van der Waals surface area contributed by atoms with E-state index in [0.717, 1.165) is 32.5 Å². The van der Waals surface area contributed by atoms with Crippen LogP contribution in [0.2, 0.25) is 0 Å². The lowest BCUT2D eigenvalue weighted by atomic mass is 9.95. The molecule has 4 heteroatoms. The number of carboxylic acids is 1. The van der Waals surface area contributed by atoms with Gasteiger partial charge < -0.3 is 15.2 Å². The minimum Gasteiger partial charge on any atom is -0.480 e. The van der Waals surface area contributed by atoms with Crippen molar-refractivity contribution in [1.82, 2.24) is 5.32 Å². The van der Waals surface area contributed by atoms with Gasteiger partial charge in [-0.25, -0.2) is 0 Å². The van der Waals surface area contributed by atoms with Crippen LogP contribution in [0.1, 0.15) is 46.5 Å². The maximum Gasteiger partial charge on any atom is 0.323 e. The molecule has 0 bridgehead atoms. The summed E-state index contributed by atoms with van der Waals surface area (Å²) >= 11 is 0. The van der Waals surface area contributed by atoms with E-state index in [1.807, 2.05) is 6.92 Å². The Kier molecular flexibility index (Phi) is 8.21. The molecule has 0 radical (unpaired) electrons. The number of unbranched alkanes of at least 4 members (excludes halogenated alkanes) is 1. The van der Waals surface area contributed by atoms with Crippen molar-refractivity contribution in [3.8, 4) is 0 Å². The molecule has 96 valence electrons. The van der Waals surface area contributed by atoms with Gasteiger partial charge in [-0.2, -0.15) is 0 Å². The Labute approximate surface area is 98.4 Å². The van der Waals surface area contributed by atoms with Gasteiger partial charge in [-0.1, -0.05) is 13.8 Å². The molecule has 0 heterocycles. The first-order valence-corrected chi connectivity index (χ1v) is 6.13. The first-order valence-electron chi connectivity index (χ1n) is 6.13. The second kappa shape index (κ2) is 8.53. The summed E-state index contributed by atoms with van der Waals surface area (Å²) in [4.78, 5) is 11.1. The molecule has 0 fully saturated rings. The predicted octanol–water partition coefficient (Wildman–Crippen LogP) is 2.04. The largest absolute Gasteiger partial charge is 0.480 e. The van der Waals surface area contributed by atoms with Crippen molar-refractivity contribution in [1.29, 1.82) is 0 Å². The molecule has 0 amide bonds. The molecule has 16 heavy (non-hydrogen) atoms. The van der Waals surface area contributed by atoms with Crippen LogP contribution in [0.5, 0.6) is 0 Å². The fourth-order valence-electron chi connectivity index (χ4n) is 1.59. The van der Waals surface area contributed by atoms with Crippen LogP contribution in [0, 0.1) is 0 Å². The molecule has 1 unspecified atom stereocenters. The molecule has 0 aliphatic carbocycles. The normalized spacial score (nSPS) is 14.7. The van der Waals surface area contributed by atoms with E-state index in [2.05, 4.69) is 12.2 Å². The van der Waals surface area contributed by atoms with Crippen LogP contribution < -0.4 is 5.32 Å². The molecule has 0 saturated carbocycles. The summed E-state index contributed by atoms with van der Waals surface area (Å²) in [6.07, 6.45) is 3.48. The van der Waals surface area contributed by atoms with E-state index in [-0.39, 0.29) is 0 Å². The summed E-state index contributed by atoms with van der Waals surface area (Å²) in [5.41, 5.74) is -0.792. The van der Waals surface area contributed by atoms with Gasteiger partial charge in [0.15, 0.2) is 0 Å². The first kappa shape index (κ1) is 15.4. The van der Waals surface area contributed by atoms with Crippen molar-refractivity contribution in [3.63, 3.8) is 0 Å². The second-order valence-electron chi connectivity index (χ2n) is 4.24. The third-order valence-electron chi connectivity index (χ3n) is 2.60. The average Bonchev–Trinajstić information content (AvgIpc) is 2.23. The highest BCUT2D eigenvalue weighted by molar-refractivity contribution is 5.78. The number of aliphatic carboxylic acids is 1. The van der Waals surface area contributed by atoms with E-state index in [4.69, 9.17) is 9.84 Å². The topological polar surface area (TPSA) is 58.6 Å². The van der Waals surface area contributed by atoms with E-state index in [9.17, 15) is 4.79 Å². The lowest BCUT2D eigenvalue weighted by Crippen LogP contribution is -2.49. The number of nitrogens with one attached hydrogen (secondary N) is 1. The van der Waals surface area contributed by atoms with Crippen LogP contribution in [0.25, 0.3) is 0 Å². The summed E-state index contributed by atoms with van der Waals surface area (Å²) in [5.74, 6) is -0.774. The van der Waals surface area contributed by atoms with Gasteiger partial charge in [-0.3, -0.25) is 4.79 Å². The van der Waals surface area contributed by atoms with Crippen molar-refractivity contribution >= 4 is 5.97 Å². The van der Waals surface area contributed by atoms with E-state index in [1.54, 1.807) is 6.92 Å². The highest BCUT2D eigenvalue weighted by Gasteiger charge is 2.30. The van der Waals surface area contributed by atoms with Gasteiger partial charge in [0.1, 0.15) is 5.54 Å². The van der Waals surface area contributed by atoms with E-state index < -0.39 is 11.5 Å². The minimum atomic E-state index is -0.792. The van der Waals surface area contributed by atoms with Crippen LogP contribution in [0.4, 0.5) is 0 Å². The average molecular weight is 231 g/mol. The lowest BCUT2D eigenvalue weighted by molar-refractivity contribution is -0.144. The fourth-order valence-corrected chi connectivity index (χ4v) is 1.59. The molecule has 0 aliphatic rings. The monoisotopic (exact) mass is 231 g/mol. The third kappa shape index (κ3) is 6.08. The Bertz CT molecular complexity index is 197. The quantitative estimate of drug-likeness (QED) is 0.565. The Morgan fingerprint density at radius 2 is 2.00 bits per heavy atom. The number of likely N-dealkylation sites (N-methyl/N-ethyl adjacent to an activating group) is 1. The molecule has 0 aromatic carbocycles. The molecule has 0 saturated heterocycles. The summed E-state index contributed by atoms with van der Waals surface area (Å²) in [7, 11) is 0. The van der Waals surface area contributed by atoms with Crippen LogP contribution in [-0.2, 0) is 9.53 Å². The van der Waals surface area contributed by atoms with Crippen LogP contribution >= 0.6 is 0 Å². The zero-order valence-electron chi connectivity index (χ0n) is 10.7. The van der Waals surface area contributed by atoms with Gasteiger partial charge in [-0.15, -0.1) is 0 Å². The van der Waals surface area contributed by atoms with Gasteiger partial charge in [0.2, 0.25) is 0 Å². The van der Waals surface area contributed by atoms with Crippen LogP contribution in [0.15, 0.2) is 0 Å². The smallest absolute Gasteiger partial charge is 0.323 e. The molecule has 0 rings (SSSR count). The van der Waals surface area contributed by atoms with Gasteiger partial charge in [-0.05, 0) is 39.2 Å². The van der Waals surface area contributed by atoms with E-state index >= 15 is 0 Å². The maximum absolute atomic E-state index is 11.1. The van der Waals surface area contributed by atoms with Gasteiger partial charge in [0.05, 0.1) is 0 Å². The van der Waals surface area contributed by atoms with Gasteiger partial charge in [0, 0.05) is 13.2 Å². The third-order valence-corrected chi connectivity index (χ3v) is 2.60. The standard InChI is InChI=1S/C12H25NO3/c1-4-9-16-10-7-6-8-12(3,11(14)15)13-5-2/h13H,4-10H2,1-3H3,(H,14,15). The molecule has 2 N–H and O–H groups in total. The molecule has 4 nitrogen and oxygen atoms in total. The van der Waals surface area contributed by atoms with E-state index in [0.29, 0.717) is 13.0 Å². The molecular formula is C12H25NO3. The number of hydrogen-bond donors (Lipinski definition) is 2. The second-order valence-corrected chi connectivity index (χ2v) is 4.24. The molecule has 0 spiro atoms. The molecule has 0 aliphatic heterocycles. The summed E-state index contributed by atoms with van der Waals surface area (Å²) in [5, 5.41) is 12.1. The van der Waals surface area contributed by atoms with Crippen LogP contribution in [0.3, 0.4) is 0 Å². The number of rotatable bonds is 10. The zero-order chi connectivity index (χ0) is 12.4. The van der Waals surface area contributed by atoms with Crippen molar-refractivity contribution in [2.24, 2.45) is 0 Å². The summed E-state index contributed by atoms with van der Waals surface area (Å²) in [6, 6.07) is 0. The Balaban J connectivity index is 3.73. The van der Waals surface area contributed by atoms with Crippen LogP contribution in [-0.4, -0.2) is 36.4 Å². The summed E-state index contributed by atoms with van der Waals surface area (Å²) in [6.45, 7) is 7.94. The van der Waals surface area contributed by atoms with E-state index in [1.165, 1.54) is 0 Å². The molecular weight excluding hydrogens is 206 g/mol. The number of carboxylic acid groups (broad SMARTS) is 1. The summed E-state index contributed by atoms with van der Waals surface area (Å²) < 4.78 is 5.35. The van der Waals surface area contributed by atoms with Crippen molar-refractivity contribution in [3.05, 3.63) is 0 Å². The fraction of sp³-hybridized carbons (Fsp3) is 0.917. The maximum atomic E-state index is 11.1. The van der Waals surface area contributed by atoms with Crippen molar-refractivity contribution in [2.45, 2.75) is 52.0 Å². The minimum absolute atomic E-state index is 0.645. The Morgan fingerprint density at radius 3 is 2.50 bits per heavy atom. The number of carbonyl (C=O) groups is 1. The lowest BCUT2D eigenvalue weighted by Gasteiger charge is -2.25. The Morgan fingerprint density at radius 1 is 1.31 bits per heavy atom. The highest BCUT2D eigenvalue weighted by Crippen LogP contribution is 2.14. The molecule has 0 aromatic rings. The SMILES string of the molecule is CCCOCCCCC(C)(NCC)C(=O)O. The van der Waals surface area contributed by atoms with Gasteiger partial charge >= 0.3 is 5.97 Å². The van der Waals surface area contributed by atoms with Crippen molar-refractivity contribution < 1.29 is 14.6 Å². The molecule has 1 atom stereocenters. The number of hydrogen-bond acceptors (Lipinski definition) is 3. The first-order chi connectivity index (χ1) is 7.56. The van der Waals surface area contributed by atoms with Crippen molar-refractivity contribution in [2.75, 3.05) is 19.8 Å². The Hall–Kier alpha value is -0.610. The predicted molar refractivity (Wildman–Crippen MR) is 64.7 cm³/mol. The van der Waals surface area contributed by atoms with Gasteiger partial charge in [0.25, 0.3) is 0 Å². The number of ether oxygens (including phenoxy) is 1. The zero-order valence-corrected chi connectivity index (χ0v) is 10.7.